The largest absolute Gasteiger partial charge is 0.497 e. The minimum Gasteiger partial charge on any atom is -0.497 e. The molecule has 1 unspecified atom stereocenters. The predicted octanol–water partition coefficient (Wildman–Crippen LogP) is 4.21. The zero-order chi connectivity index (χ0) is 20.4. The highest BCUT2D eigenvalue weighted by atomic mass is 16.5. The lowest BCUT2D eigenvalue weighted by atomic mass is 9.88. The highest BCUT2D eigenvalue weighted by molar-refractivity contribution is 5.51. The van der Waals surface area contributed by atoms with Gasteiger partial charge in [-0.3, -0.25) is 0 Å². The summed E-state index contributed by atoms with van der Waals surface area (Å²) in [6.45, 7) is 3.04. The Balaban J connectivity index is 1.75. The van der Waals surface area contributed by atoms with Crippen LogP contribution in [0.5, 0.6) is 5.75 Å². The molecule has 1 aliphatic heterocycles. The van der Waals surface area contributed by atoms with Gasteiger partial charge in [0, 0.05) is 26.8 Å². The van der Waals surface area contributed by atoms with E-state index in [1.165, 1.54) is 22.3 Å². The van der Waals surface area contributed by atoms with Gasteiger partial charge in [0.15, 0.2) is 0 Å². The van der Waals surface area contributed by atoms with Crippen molar-refractivity contribution >= 4 is 11.8 Å². The van der Waals surface area contributed by atoms with Crippen molar-refractivity contribution in [3.05, 3.63) is 77.0 Å². The highest BCUT2D eigenvalue weighted by Crippen LogP contribution is 2.37. The molecule has 0 saturated carbocycles. The van der Waals surface area contributed by atoms with Crippen LogP contribution in [0.1, 0.15) is 28.3 Å². The molecule has 2 heterocycles. The third kappa shape index (κ3) is 4.04. The minimum absolute atomic E-state index is 0.220. The van der Waals surface area contributed by atoms with E-state index in [1.807, 2.05) is 31.3 Å². The smallest absolute Gasteiger partial charge is 0.226 e. The molecule has 0 aliphatic carbocycles. The van der Waals surface area contributed by atoms with Crippen LogP contribution in [0.2, 0.25) is 0 Å². The van der Waals surface area contributed by atoms with E-state index in [4.69, 9.17) is 9.72 Å². The Labute approximate surface area is 173 Å². The molecular weight excluding hydrogens is 360 g/mol. The molecule has 3 aromatic rings. The molecule has 1 aromatic heterocycles. The lowest BCUT2D eigenvalue weighted by Gasteiger charge is -2.38. The SMILES string of the molecule is COc1ccc2c(c1)CCN(c1ccnc(N(C)C)n1)C2Cc1ccc(C)cc1. The summed E-state index contributed by atoms with van der Waals surface area (Å²) in [7, 11) is 5.67. The topological polar surface area (TPSA) is 41.5 Å². The summed E-state index contributed by atoms with van der Waals surface area (Å²) in [6, 6.07) is 17.5. The molecule has 0 radical (unpaired) electrons. The van der Waals surface area contributed by atoms with Gasteiger partial charge in [-0.15, -0.1) is 0 Å². The van der Waals surface area contributed by atoms with Gasteiger partial charge in [-0.25, -0.2) is 4.98 Å². The number of benzene rings is 2. The Kier molecular flexibility index (Phi) is 5.38. The fraction of sp³-hybridized carbons (Fsp3) is 0.333. The Morgan fingerprint density at radius 3 is 2.62 bits per heavy atom. The van der Waals surface area contributed by atoms with Crippen LogP contribution < -0.4 is 14.5 Å². The van der Waals surface area contributed by atoms with E-state index in [-0.39, 0.29) is 6.04 Å². The van der Waals surface area contributed by atoms with E-state index >= 15 is 0 Å². The standard InChI is InChI=1S/C24H28N4O/c1-17-5-7-18(8-6-17)15-22-21-10-9-20(29-4)16-19(21)12-14-28(22)23-11-13-25-24(26-23)27(2)3/h5-11,13,16,22H,12,14-15H2,1-4H3. The third-order valence-electron chi connectivity index (χ3n) is 5.58. The van der Waals surface area contributed by atoms with Crippen molar-refractivity contribution in [2.45, 2.75) is 25.8 Å². The monoisotopic (exact) mass is 388 g/mol. The second-order valence-corrected chi connectivity index (χ2v) is 7.82. The Hall–Kier alpha value is -3.08. The molecule has 0 bridgehead atoms. The first-order chi connectivity index (χ1) is 14.0. The van der Waals surface area contributed by atoms with E-state index in [2.05, 4.69) is 59.3 Å². The molecule has 0 N–H and O–H groups in total. The van der Waals surface area contributed by atoms with E-state index in [9.17, 15) is 0 Å². The van der Waals surface area contributed by atoms with Gasteiger partial charge in [-0.1, -0.05) is 35.9 Å². The van der Waals surface area contributed by atoms with E-state index in [0.29, 0.717) is 0 Å². The summed E-state index contributed by atoms with van der Waals surface area (Å²) in [6.07, 6.45) is 3.75. The van der Waals surface area contributed by atoms with Crippen molar-refractivity contribution in [1.82, 2.24) is 9.97 Å². The fourth-order valence-corrected chi connectivity index (χ4v) is 3.97. The van der Waals surface area contributed by atoms with Crippen molar-refractivity contribution in [1.29, 1.82) is 0 Å². The van der Waals surface area contributed by atoms with Gasteiger partial charge in [-0.2, -0.15) is 4.98 Å². The van der Waals surface area contributed by atoms with Crippen LogP contribution in [0, 0.1) is 6.92 Å². The summed E-state index contributed by atoms with van der Waals surface area (Å²) in [4.78, 5) is 13.6. The van der Waals surface area contributed by atoms with Crippen molar-refractivity contribution in [3.63, 3.8) is 0 Å². The number of fused-ring (bicyclic) bond motifs is 1. The number of ether oxygens (including phenoxy) is 1. The van der Waals surface area contributed by atoms with Gasteiger partial charge >= 0.3 is 0 Å². The maximum atomic E-state index is 5.46. The van der Waals surface area contributed by atoms with Gasteiger partial charge < -0.3 is 14.5 Å². The van der Waals surface area contributed by atoms with Crippen LogP contribution >= 0.6 is 0 Å². The van der Waals surface area contributed by atoms with Crippen LogP contribution in [0.3, 0.4) is 0 Å². The van der Waals surface area contributed by atoms with Crippen LogP contribution in [-0.2, 0) is 12.8 Å². The molecule has 0 saturated heterocycles. The van der Waals surface area contributed by atoms with Gasteiger partial charge in [0.1, 0.15) is 11.6 Å². The van der Waals surface area contributed by atoms with Crippen molar-refractivity contribution in [2.24, 2.45) is 0 Å². The van der Waals surface area contributed by atoms with Crippen LogP contribution in [0.25, 0.3) is 0 Å². The normalized spacial score (nSPS) is 15.7. The molecule has 150 valence electrons. The van der Waals surface area contributed by atoms with E-state index in [1.54, 1.807) is 7.11 Å². The fourth-order valence-electron chi connectivity index (χ4n) is 3.97. The number of methoxy groups -OCH3 is 1. The Bertz CT molecular complexity index is 984. The van der Waals surface area contributed by atoms with Crippen molar-refractivity contribution in [3.8, 4) is 5.75 Å². The maximum absolute atomic E-state index is 5.46. The van der Waals surface area contributed by atoms with Crippen LogP contribution in [0.15, 0.2) is 54.7 Å². The maximum Gasteiger partial charge on any atom is 0.226 e. The molecule has 5 nitrogen and oxygen atoms in total. The molecule has 4 rings (SSSR count). The quantitative estimate of drug-likeness (QED) is 0.655. The summed E-state index contributed by atoms with van der Waals surface area (Å²) >= 11 is 0. The average Bonchev–Trinajstić information content (AvgIpc) is 2.75. The predicted molar refractivity (Wildman–Crippen MR) is 118 cm³/mol. The third-order valence-corrected chi connectivity index (χ3v) is 5.58. The number of aromatic nitrogens is 2. The molecule has 0 amide bonds. The summed E-state index contributed by atoms with van der Waals surface area (Å²) in [5.74, 6) is 2.63. The van der Waals surface area contributed by atoms with E-state index < -0.39 is 0 Å². The zero-order valence-electron chi connectivity index (χ0n) is 17.6. The number of anilines is 2. The lowest BCUT2D eigenvalue weighted by molar-refractivity contribution is 0.413. The van der Waals surface area contributed by atoms with Crippen LogP contribution in [0.4, 0.5) is 11.8 Å². The Morgan fingerprint density at radius 2 is 1.90 bits per heavy atom. The zero-order valence-corrected chi connectivity index (χ0v) is 17.6. The molecule has 5 heteroatoms. The van der Waals surface area contributed by atoms with Gasteiger partial charge in [0.25, 0.3) is 0 Å². The van der Waals surface area contributed by atoms with Crippen LogP contribution in [-0.4, -0.2) is 37.7 Å². The molecular formula is C24H28N4O. The second-order valence-electron chi connectivity index (χ2n) is 7.82. The number of rotatable bonds is 5. The van der Waals surface area contributed by atoms with Crippen molar-refractivity contribution in [2.75, 3.05) is 37.5 Å². The first kappa shape index (κ1) is 19.2. The molecule has 1 aliphatic rings. The number of nitrogens with zero attached hydrogens (tertiary/aromatic N) is 4. The summed E-state index contributed by atoms with van der Waals surface area (Å²) in [5, 5.41) is 0. The van der Waals surface area contributed by atoms with Gasteiger partial charge in [-0.05, 0) is 54.7 Å². The lowest BCUT2D eigenvalue weighted by Crippen LogP contribution is -2.37. The first-order valence-corrected chi connectivity index (χ1v) is 10.0. The van der Waals surface area contributed by atoms with Crippen molar-refractivity contribution < 1.29 is 4.74 Å². The molecule has 1 atom stereocenters. The summed E-state index contributed by atoms with van der Waals surface area (Å²) in [5.41, 5.74) is 5.32. The first-order valence-electron chi connectivity index (χ1n) is 10.0. The van der Waals surface area contributed by atoms with E-state index in [0.717, 1.165) is 36.9 Å². The number of aryl methyl sites for hydroxylation is 1. The number of hydrogen-bond donors (Lipinski definition) is 0. The molecule has 29 heavy (non-hydrogen) atoms. The second kappa shape index (κ2) is 8.11. The van der Waals surface area contributed by atoms with Gasteiger partial charge in [0.2, 0.25) is 5.95 Å². The molecule has 2 aromatic carbocycles. The Morgan fingerprint density at radius 1 is 1.10 bits per heavy atom. The highest BCUT2D eigenvalue weighted by Gasteiger charge is 2.29. The number of hydrogen-bond acceptors (Lipinski definition) is 5. The minimum atomic E-state index is 0.220. The summed E-state index contributed by atoms with van der Waals surface area (Å²) < 4.78 is 5.46. The average molecular weight is 389 g/mol. The molecule has 0 spiro atoms. The molecule has 0 fully saturated rings. The van der Waals surface area contributed by atoms with Gasteiger partial charge in [0.05, 0.1) is 13.2 Å².